The summed E-state index contributed by atoms with van der Waals surface area (Å²) in [4.78, 5) is 35.6. The summed E-state index contributed by atoms with van der Waals surface area (Å²) >= 11 is 0. The molecular formula is C13H7N3O5. The average Bonchev–Trinajstić information content (AvgIpc) is 2.46. The van der Waals surface area contributed by atoms with Crippen molar-refractivity contribution in [3.8, 4) is 0 Å². The van der Waals surface area contributed by atoms with Crippen molar-refractivity contribution in [3.05, 3.63) is 66.9 Å². The quantitative estimate of drug-likeness (QED) is 0.440. The van der Waals surface area contributed by atoms with E-state index in [0.717, 1.165) is 12.1 Å². The molecule has 8 nitrogen and oxygen atoms in total. The zero-order valence-electron chi connectivity index (χ0n) is 10.4. The summed E-state index contributed by atoms with van der Waals surface area (Å²) < 4.78 is 0. The lowest BCUT2D eigenvalue weighted by atomic mass is 10.1. The molecule has 0 bridgehead atoms. The minimum absolute atomic E-state index is 0.122. The smallest absolute Gasteiger partial charge is 0.270 e. The van der Waals surface area contributed by atoms with Crippen LogP contribution < -0.4 is 5.43 Å². The van der Waals surface area contributed by atoms with E-state index in [0.29, 0.717) is 11.0 Å². The minimum atomic E-state index is -0.601. The van der Waals surface area contributed by atoms with Gasteiger partial charge >= 0.3 is 0 Å². The van der Waals surface area contributed by atoms with Crippen molar-refractivity contribution < 1.29 is 9.85 Å². The maximum atomic E-state index is 12.4. The Balaban J connectivity index is 2.42. The number of benzene rings is 2. The highest BCUT2D eigenvalue weighted by molar-refractivity contribution is 5.94. The van der Waals surface area contributed by atoms with Crippen molar-refractivity contribution >= 4 is 33.2 Å². The molecule has 0 unspecified atom stereocenters. The van der Waals surface area contributed by atoms with Crippen LogP contribution in [-0.4, -0.2) is 14.8 Å². The molecule has 0 atom stereocenters. The Kier molecular flexibility index (Phi) is 2.65. The normalized spacial score (nSPS) is 10.9. The first-order chi connectivity index (χ1) is 9.97. The Morgan fingerprint density at radius 1 is 0.810 bits per heavy atom. The second-order valence-corrected chi connectivity index (χ2v) is 4.43. The van der Waals surface area contributed by atoms with Crippen LogP contribution in [-0.2, 0) is 0 Å². The van der Waals surface area contributed by atoms with Gasteiger partial charge in [-0.2, -0.15) is 0 Å². The third kappa shape index (κ3) is 1.98. The number of pyridine rings is 1. The van der Waals surface area contributed by atoms with Gasteiger partial charge in [-0.1, -0.05) is 0 Å². The Hall–Kier alpha value is -3.29. The van der Waals surface area contributed by atoms with E-state index in [-0.39, 0.29) is 22.1 Å². The van der Waals surface area contributed by atoms with E-state index >= 15 is 0 Å². The Labute approximate surface area is 115 Å². The fraction of sp³-hybridized carbons (Fsp3) is 0. The lowest BCUT2D eigenvalue weighted by molar-refractivity contribution is -0.384. The van der Waals surface area contributed by atoms with Gasteiger partial charge < -0.3 is 4.98 Å². The average molecular weight is 285 g/mol. The van der Waals surface area contributed by atoms with Gasteiger partial charge in [0.2, 0.25) is 0 Å². The minimum Gasteiger partial charge on any atom is -0.354 e. The van der Waals surface area contributed by atoms with Crippen molar-refractivity contribution in [2.45, 2.75) is 0 Å². The number of H-pyrrole nitrogens is 1. The van der Waals surface area contributed by atoms with E-state index < -0.39 is 15.3 Å². The molecule has 0 aliphatic rings. The number of nitro groups is 2. The molecule has 1 aromatic heterocycles. The van der Waals surface area contributed by atoms with Gasteiger partial charge in [-0.25, -0.2) is 0 Å². The predicted molar refractivity (Wildman–Crippen MR) is 75.4 cm³/mol. The highest BCUT2D eigenvalue weighted by Gasteiger charge is 2.13. The summed E-state index contributed by atoms with van der Waals surface area (Å²) in [6, 6.07) is 7.77. The number of rotatable bonds is 2. The molecule has 0 saturated carbocycles. The van der Waals surface area contributed by atoms with Gasteiger partial charge in [-0.05, 0) is 12.1 Å². The molecular weight excluding hydrogens is 278 g/mol. The van der Waals surface area contributed by atoms with Gasteiger partial charge in [0.1, 0.15) is 0 Å². The maximum Gasteiger partial charge on any atom is 0.270 e. The van der Waals surface area contributed by atoms with E-state index in [1.807, 2.05) is 0 Å². The molecule has 1 N–H and O–H groups in total. The highest BCUT2D eigenvalue weighted by atomic mass is 16.6. The monoisotopic (exact) mass is 285 g/mol. The van der Waals surface area contributed by atoms with E-state index in [9.17, 15) is 25.0 Å². The zero-order chi connectivity index (χ0) is 15.1. The van der Waals surface area contributed by atoms with Crippen LogP contribution in [0.4, 0.5) is 11.4 Å². The summed E-state index contributed by atoms with van der Waals surface area (Å²) in [5.74, 6) is 0. The molecule has 0 amide bonds. The summed E-state index contributed by atoms with van der Waals surface area (Å²) in [7, 11) is 0. The molecule has 0 aliphatic heterocycles. The fourth-order valence-electron chi connectivity index (χ4n) is 2.18. The van der Waals surface area contributed by atoms with Gasteiger partial charge in [0.25, 0.3) is 11.4 Å². The molecule has 0 aliphatic carbocycles. The summed E-state index contributed by atoms with van der Waals surface area (Å²) in [6.45, 7) is 0. The number of nitrogens with one attached hydrogen (secondary N) is 1. The number of nitro benzene ring substituents is 2. The van der Waals surface area contributed by atoms with Crippen LogP contribution >= 0.6 is 0 Å². The topological polar surface area (TPSA) is 119 Å². The molecule has 104 valence electrons. The van der Waals surface area contributed by atoms with Crippen LogP contribution in [0.2, 0.25) is 0 Å². The molecule has 0 radical (unpaired) electrons. The first kappa shape index (κ1) is 12.7. The Morgan fingerprint density at radius 2 is 1.24 bits per heavy atom. The van der Waals surface area contributed by atoms with Gasteiger partial charge in [0.15, 0.2) is 5.43 Å². The van der Waals surface area contributed by atoms with Gasteiger partial charge in [-0.3, -0.25) is 25.0 Å². The molecule has 1 heterocycles. The molecule has 2 aromatic carbocycles. The van der Waals surface area contributed by atoms with Crippen LogP contribution in [0.1, 0.15) is 0 Å². The number of aromatic amines is 1. The number of fused-ring (bicyclic) bond motifs is 2. The molecule has 21 heavy (non-hydrogen) atoms. The van der Waals surface area contributed by atoms with Crippen molar-refractivity contribution in [2.24, 2.45) is 0 Å². The van der Waals surface area contributed by atoms with Crippen LogP contribution in [0.25, 0.3) is 21.8 Å². The standard InChI is InChI=1S/C13H7N3O5/c17-13-9-5-7(15(18)19)1-3-11(9)14-12-4-2-8(16(20)21)6-10(12)13/h1-6H,(H,14,17). The van der Waals surface area contributed by atoms with Crippen LogP contribution in [0.5, 0.6) is 0 Å². The number of aromatic nitrogens is 1. The summed E-state index contributed by atoms with van der Waals surface area (Å²) in [6.07, 6.45) is 0. The van der Waals surface area contributed by atoms with E-state index in [1.54, 1.807) is 0 Å². The molecule has 0 fully saturated rings. The van der Waals surface area contributed by atoms with E-state index in [1.165, 1.54) is 24.3 Å². The Bertz CT molecular complexity index is 902. The Morgan fingerprint density at radius 3 is 1.62 bits per heavy atom. The first-order valence-electron chi connectivity index (χ1n) is 5.86. The molecule has 3 rings (SSSR count). The first-order valence-corrected chi connectivity index (χ1v) is 5.86. The van der Waals surface area contributed by atoms with Gasteiger partial charge in [0.05, 0.1) is 31.7 Å². The SMILES string of the molecule is O=c1c2cc([N+](=O)[O-])ccc2[nH]c2ccc([N+](=O)[O-])cc12. The van der Waals surface area contributed by atoms with Gasteiger partial charge in [0, 0.05) is 24.3 Å². The highest BCUT2D eigenvalue weighted by Crippen LogP contribution is 2.22. The lowest BCUT2D eigenvalue weighted by Gasteiger charge is -2.02. The number of non-ortho nitro benzene ring substituents is 2. The molecule has 3 aromatic rings. The third-order valence-corrected chi connectivity index (χ3v) is 3.19. The van der Waals surface area contributed by atoms with Crippen molar-refractivity contribution in [2.75, 3.05) is 0 Å². The largest absolute Gasteiger partial charge is 0.354 e. The van der Waals surface area contributed by atoms with Crippen molar-refractivity contribution in [3.63, 3.8) is 0 Å². The zero-order valence-corrected chi connectivity index (χ0v) is 10.4. The van der Waals surface area contributed by atoms with Crippen molar-refractivity contribution in [1.82, 2.24) is 4.98 Å². The molecule has 0 spiro atoms. The summed E-state index contributed by atoms with van der Waals surface area (Å²) in [5.41, 5.74) is -0.0272. The fourth-order valence-corrected chi connectivity index (χ4v) is 2.18. The van der Waals surface area contributed by atoms with Gasteiger partial charge in [-0.15, -0.1) is 0 Å². The number of hydrogen-bond donors (Lipinski definition) is 1. The van der Waals surface area contributed by atoms with Crippen molar-refractivity contribution in [1.29, 1.82) is 0 Å². The van der Waals surface area contributed by atoms with Crippen LogP contribution in [0.15, 0.2) is 41.2 Å². The second kappa shape index (κ2) is 4.37. The van der Waals surface area contributed by atoms with Crippen LogP contribution in [0.3, 0.4) is 0 Å². The van der Waals surface area contributed by atoms with E-state index in [2.05, 4.69) is 4.98 Å². The van der Waals surface area contributed by atoms with Crippen LogP contribution in [0, 0.1) is 20.2 Å². The molecule has 0 saturated heterocycles. The predicted octanol–water partition coefficient (Wildman–Crippen LogP) is 2.50. The van der Waals surface area contributed by atoms with E-state index in [4.69, 9.17) is 0 Å². The molecule has 8 heteroatoms. The third-order valence-electron chi connectivity index (χ3n) is 3.19. The second-order valence-electron chi connectivity index (χ2n) is 4.43. The maximum absolute atomic E-state index is 12.4. The number of hydrogen-bond acceptors (Lipinski definition) is 5. The summed E-state index contributed by atoms with van der Waals surface area (Å²) in [5, 5.41) is 21.8. The lowest BCUT2D eigenvalue weighted by Crippen LogP contribution is -2.05. The number of nitrogens with zero attached hydrogens (tertiary/aromatic N) is 2.